The quantitative estimate of drug-likeness (QED) is 0.659. The van der Waals surface area contributed by atoms with E-state index in [4.69, 9.17) is 25.3 Å². The number of nitriles is 2. The molecule has 2 saturated heterocycles. The van der Waals surface area contributed by atoms with Gasteiger partial charge in [-0.1, -0.05) is 0 Å². The van der Waals surface area contributed by atoms with Gasteiger partial charge < -0.3 is 10.0 Å². The number of piperidine rings is 1. The van der Waals surface area contributed by atoms with Gasteiger partial charge in [-0.2, -0.15) is 23.7 Å². The van der Waals surface area contributed by atoms with Crippen molar-refractivity contribution in [3.05, 3.63) is 47.7 Å². The lowest BCUT2D eigenvalue weighted by atomic mass is 9.94. The van der Waals surface area contributed by atoms with Gasteiger partial charge in [0.15, 0.2) is 0 Å². The van der Waals surface area contributed by atoms with Crippen molar-refractivity contribution in [3.8, 4) is 12.1 Å². The normalized spacial score (nSPS) is 18.0. The maximum atomic E-state index is 13.1. The maximum Gasteiger partial charge on any atom is 0.490 e. The minimum Gasteiger partial charge on any atom is -0.475 e. The molecule has 2 aliphatic rings. The fourth-order valence-corrected chi connectivity index (χ4v) is 3.81. The second-order valence-electron chi connectivity index (χ2n) is 7.86. The third-order valence-electron chi connectivity index (χ3n) is 5.57. The van der Waals surface area contributed by atoms with Crippen molar-refractivity contribution in [2.24, 2.45) is 5.92 Å². The highest BCUT2D eigenvalue weighted by Crippen LogP contribution is 2.34. The summed E-state index contributed by atoms with van der Waals surface area (Å²) in [7, 11) is 0. The van der Waals surface area contributed by atoms with Gasteiger partial charge in [-0.25, -0.2) is 19.8 Å². The number of anilines is 1. The van der Waals surface area contributed by atoms with Crippen molar-refractivity contribution in [3.63, 3.8) is 0 Å². The summed E-state index contributed by atoms with van der Waals surface area (Å²) in [5.41, 5.74) is 1.61. The number of pyridine rings is 1. The summed E-state index contributed by atoms with van der Waals surface area (Å²) in [5, 5.41) is 26.7. The Kier molecular flexibility index (Phi) is 8.34. The van der Waals surface area contributed by atoms with Gasteiger partial charge in [-0.3, -0.25) is 14.6 Å². The van der Waals surface area contributed by atoms with E-state index in [0.29, 0.717) is 56.0 Å². The number of rotatable bonds is 3. The van der Waals surface area contributed by atoms with E-state index >= 15 is 0 Å². The number of aliphatic carboxylic acids is 1. The van der Waals surface area contributed by atoms with Crippen molar-refractivity contribution >= 4 is 17.7 Å². The summed E-state index contributed by atoms with van der Waals surface area (Å²) in [6, 6.07) is 7.31. The lowest BCUT2D eigenvalue weighted by molar-refractivity contribution is -0.192. The molecule has 11 nitrogen and oxygen atoms in total. The molecule has 0 aromatic carbocycles. The number of halogens is 3. The molecular weight excluding hydrogens is 483 g/mol. The van der Waals surface area contributed by atoms with Crippen molar-refractivity contribution in [1.82, 2.24) is 20.0 Å². The highest BCUT2D eigenvalue weighted by molar-refractivity contribution is 5.79. The summed E-state index contributed by atoms with van der Waals surface area (Å²) in [5.74, 6) is -2.23. The summed E-state index contributed by atoms with van der Waals surface area (Å²) >= 11 is 0. The third-order valence-corrected chi connectivity index (χ3v) is 5.57. The zero-order valence-corrected chi connectivity index (χ0v) is 18.7. The van der Waals surface area contributed by atoms with E-state index in [9.17, 15) is 18.0 Å². The second-order valence-corrected chi connectivity index (χ2v) is 7.86. The maximum absolute atomic E-state index is 13.1. The minimum absolute atomic E-state index is 0.0325. The Hall–Kier alpha value is -4.30. The van der Waals surface area contributed by atoms with Crippen LogP contribution in [0.2, 0.25) is 0 Å². The van der Waals surface area contributed by atoms with Crippen molar-refractivity contribution in [1.29, 1.82) is 10.5 Å². The number of nitrogens with zero attached hydrogens (tertiary/aromatic N) is 7. The first-order chi connectivity index (χ1) is 17.1. The molecule has 0 unspecified atom stereocenters. The van der Waals surface area contributed by atoms with Gasteiger partial charge in [-0.15, -0.1) is 0 Å². The van der Waals surface area contributed by atoms with Gasteiger partial charge in [0, 0.05) is 43.9 Å². The number of amides is 1. The van der Waals surface area contributed by atoms with E-state index < -0.39 is 12.1 Å². The molecule has 2 aromatic heterocycles. The number of carbonyl (C=O) groups excluding carboxylic acids is 1. The van der Waals surface area contributed by atoms with E-state index in [1.54, 1.807) is 18.3 Å². The largest absolute Gasteiger partial charge is 0.490 e. The van der Waals surface area contributed by atoms with Crippen LogP contribution in [0.5, 0.6) is 0 Å². The number of carboxylic acid groups (broad SMARTS) is 1. The molecule has 0 radical (unpaired) electrons. The van der Waals surface area contributed by atoms with E-state index in [1.807, 2.05) is 6.07 Å². The Morgan fingerprint density at radius 3 is 2.39 bits per heavy atom. The third kappa shape index (κ3) is 6.43. The fourth-order valence-electron chi connectivity index (χ4n) is 3.81. The van der Waals surface area contributed by atoms with Gasteiger partial charge in [0.1, 0.15) is 30.0 Å². The number of hydrogen-bond acceptors (Lipinski definition) is 9. The van der Waals surface area contributed by atoms with Gasteiger partial charge >= 0.3 is 12.1 Å². The van der Waals surface area contributed by atoms with E-state index in [2.05, 4.69) is 25.9 Å². The van der Waals surface area contributed by atoms with Crippen LogP contribution >= 0.6 is 0 Å². The van der Waals surface area contributed by atoms with Crippen LogP contribution in [0.25, 0.3) is 0 Å². The van der Waals surface area contributed by atoms with E-state index in [0.717, 1.165) is 5.56 Å². The SMILES string of the molecule is N#Cc1cncc([C@@H]2CCON2C(=O)C2CCN(c3cc(C#N)ncn3)CC2)c1.O=C(O)C(F)(F)F. The molecule has 2 aliphatic heterocycles. The molecule has 0 spiro atoms. The minimum atomic E-state index is -5.08. The van der Waals surface area contributed by atoms with Gasteiger partial charge in [0.05, 0.1) is 18.2 Å². The van der Waals surface area contributed by atoms with Gasteiger partial charge in [0.2, 0.25) is 5.91 Å². The molecule has 4 heterocycles. The average Bonchev–Trinajstić information content (AvgIpc) is 3.38. The molecule has 2 aromatic rings. The molecule has 4 rings (SSSR count). The van der Waals surface area contributed by atoms with Crippen LogP contribution < -0.4 is 4.90 Å². The van der Waals surface area contributed by atoms with Gasteiger partial charge in [-0.05, 0) is 24.5 Å². The highest BCUT2D eigenvalue weighted by atomic mass is 19.4. The molecule has 1 amide bonds. The summed E-state index contributed by atoms with van der Waals surface area (Å²) in [6.07, 6.45) is 1.52. The predicted molar refractivity (Wildman–Crippen MR) is 114 cm³/mol. The molecule has 36 heavy (non-hydrogen) atoms. The Bertz CT molecular complexity index is 1190. The van der Waals surface area contributed by atoms with Crippen molar-refractivity contribution in [2.75, 3.05) is 24.6 Å². The zero-order chi connectivity index (χ0) is 26.3. The Labute approximate surface area is 203 Å². The molecule has 1 atom stereocenters. The van der Waals surface area contributed by atoms with E-state index in [-0.39, 0.29) is 17.9 Å². The molecular formula is C22H20F3N7O4. The first-order valence-electron chi connectivity index (χ1n) is 10.7. The molecule has 188 valence electrons. The van der Waals surface area contributed by atoms with Crippen LogP contribution in [0.1, 0.15) is 42.1 Å². The van der Waals surface area contributed by atoms with Crippen LogP contribution in [-0.4, -0.2) is 62.9 Å². The monoisotopic (exact) mass is 503 g/mol. The first kappa shape index (κ1) is 26.3. The fraction of sp³-hybridized carbons (Fsp3) is 0.409. The molecule has 0 bridgehead atoms. The van der Waals surface area contributed by atoms with E-state index in [1.165, 1.54) is 17.6 Å². The smallest absolute Gasteiger partial charge is 0.475 e. The molecule has 1 N–H and O–H groups in total. The van der Waals surface area contributed by atoms with Crippen LogP contribution in [0.4, 0.5) is 19.0 Å². The number of alkyl halides is 3. The zero-order valence-electron chi connectivity index (χ0n) is 18.7. The number of carboxylic acids is 1. The average molecular weight is 503 g/mol. The number of hydrogen-bond donors (Lipinski definition) is 1. The topological polar surface area (TPSA) is 156 Å². The summed E-state index contributed by atoms with van der Waals surface area (Å²) in [6.45, 7) is 1.80. The molecule has 0 aliphatic carbocycles. The number of aromatic nitrogens is 3. The van der Waals surface area contributed by atoms with Crippen molar-refractivity contribution < 1.29 is 32.7 Å². The van der Waals surface area contributed by atoms with Crippen LogP contribution in [0.15, 0.2) is 30.9 Å². The number of carbonyl (C=O) groups is 2. The van der Waals surface area contributed by atoms with Crippen molar-refractivity contribution in [2.45, 2.75) is 31.5 Å². The molecule has 14 heteroatoms. The van der Waals surface area contributed by atoms with Crippen LogP contribution in [-0.2, 0) is 14.4 Å². The second kappa shape index (κ2) is 11.4. The highest BCUT2D eigenvalue weighted by Gasteiger charge is 2.38. The summed E-state index contributed by atoms with van der Waals surface area (Å²) < 4.78 is 31.7. The predicted octanol–water partition coefficient (Wildman–Crippen LogP) is 2.37. The van der Waals surface area contributed by atoms with Crippen LogP contribution in [0.3, 0.4) is 0 Å². The standard InChI is InChI=1S/C20H19N7O2.C2HF3O2/c21-9-14-7-16(12-23-11-14)18-3-6-29-27(18)20(28)15-1-4-26(5-2-15)19-8-17(10-22)24-13-25-19;3-2(4,5)1(6)7/h7-8,11-13,15,18H,1-6H2;(H,6,7)/t18-;/m0./s1. The lowest BCUT2D eigenvalue weighted by Gasteiger charge is -2.34. The number of hydroxylamine groups is 2. The summed E-state index contributed by atoms with van der Waals surface area (Å²) in [4.78, 5) is 42.0. The van der Waals surface area contributed by atoms with Gasteiger partial charge in [0.25, 0.3) is 0 Å². The molecule has 2 fully saturated rings. The molecule has 0 saturated carbocycles. The Morgan fingerprint density at radius 2 is 1.78 bits per heavy atom. The Morgan fingerprint density at radius 1 is 1.08 bits per heavy atom. The lowest BCUT2D eigenvalue weighted by Crippen LogP contribution is -2.42. The Balaban J connectivity index is 0.000000454. The first-order valence-corrected chi connectivity index (χ1v) is 10.7. The van der Waals surface area contributed by atoms with Crippen LogP contribution in [0, 0.1) is 28.6 Å².